The summed E-state index contributed by atoms with van der Waals surface area (Å²) in [5.41, 5.74) is 1.90. The van der Waals surface area contributed by atoms with E-state index < -0.39 is 5.60 Å². The van der Waals surface area contributed by atoms with Gasteiger partial charge >= 0.3 is 0 Å². The molecule has 0 bridgehead atoms. The van der Waals surface area contributed by atoms with Crippen molar-refractivity contribution in [1.82, 2.24) is 10.2 Å². The van der Waals surface area contributed by atoms with E-state index in [9.17, 15) is 4.79 Å². The Morgan fingerprint density at radius 3 is 2.32 bits per heavy atom. The number of amides is 1. The summed E-state index contributed by atoms with van der Waals surface area (Å²) in [6.07, 6.45) is 1.52. The smallest absolute Gasteiger partial charge is 0.255 e. The number of fused-ring (bicyclic) bond motifs is 1. The summed E-state index contributed by atoms with van der Waals surface area (Å²) >= 11 is 0. The molecule has 3 rings (SSSR count). The van der Waals surface area contributed by atoms with Gasteiger partial charge in [0.25, 0.3) is 5.91 Å². The van der Waals surface area contributed by atoms with E-state index in [1.54, 1.807) is 7.11 Å². The van der Waals surface area contributed by atoms with Crippen molar-refractivity contribution in [3.63, 3.8) is 0 Å². The molecule has 1 fully saturated rings. The van der Waals surface area contributed by atoms with Gasteiger partial charge in [0.05, 0.1) is 0 Å². The number of nitrogens with one attached hydrogen (secondary N) is 1. The molecule has 1 N–H and O–H groups in total. The van der Waals surface area contributed by atoms with Gasteiger partial charge in [-0.2, -0.15) is 0 Å². The standard InChI is InChI=1S/C15H20N2O2/c1-19-15(6-8-16-9-7-15)14(18)17-10-12-4-2-3-5-13(12)11-17/h2-5,16H,6-11H2,1H3. The summed E-state index contributed by atoms with van der Waals surface area (Å²) in [6, 6.07) is 8.27. The van der Waals surface area contributed by atoms with Crippen molar-refractivity contribution >= 4 is 5.91 Å². The van der Waals surface area contributed by atoms with Gasteiger partial charge < -0.3 is 15.0 Å². The molecule has 2 aliphatic heterocycles. The first-order valence-electron chi connectivity index (χ1n) is 6.87. The Labute approximate surface area is 113 Å². The van der Waals surface area contributed by atoms with Gasteiger partial charge in [-0.1, -0.05) is 24.3 Å². The Kier molecular flexibility index (Phi) is 3.29. The highest BCUT2D eigenvalue weighted by molar-refractivity contribution is 5.86. The highest BCUT2D eigenvalue weighted by atomic mass is 16.5. The largest absolute Gasteiger partial charge is 0.368 e. The molecule has 0 saturated carbocycles. The third-order valence-electron chi connectivity index (χ3n) is 4.32. The number of carbonyl (C=O) groups excluding carboxylic acids is 1. The lowest BCUT2D eigenvalue weighted by molar-refractivity contribution is -0.159. The van der Waals surface area contributed by atoms with Gasteiger partial charge in [0.2, 0.25) is 0 Å². The molecule has 2 aliphatic rings. The lowest BCUT2D eigenvalue weighted by atomic mass is 9.90. The summed E-state index contributed by atoms with van der Waals surface area (Å²) in [5, 5.41) is 3.29. The van der Waals surface area contributed by atoms with E-state index in [4.69, 9.17) is 4.74 Å². The van der Waals surface area contributed by atoms with Crippen LogP contribution in [0.5, 0.6) is 0 Å². The maximum Gasteiger partial charge on any atom is 0.255 e. The van der Waals surface area contributed by atoms with E-state index in [-0.39, 0.29) is 5.91 Å². The predicted molar refractivity (Wildman–Crippen MR) is 72.5 cm³/mol. The average Bonchev–Trinajstić information content (AvgIpc) is 2.91. The summed E-state index contributed by atoms with van der Waals surface area (Å²) in [7, 11) is 1.66. The first-order chi connectivity index (χ1) is 9.25. The summed E-state index contributed by atoms with van der Waals surface area (Å²) in [4.78, 5) is 14.7. The minimum Gasteiger partial charge on any atom is -0.368 e. The monoisotopic (exact) mass is 260 g/mol. The zero-order chi connectivity index (χ0) is 13.3. The third-order valence-corrected chi connectivity index (χ3v) is 4.32. The van der Waals surface area contributed by atoms with Gasteiger partial charge in [-0.15, -0.1) is 0 Å². The summed E-state index contributed by atoms with van der Waals surface area (Å²) in [5.74, 6) is 0.146. The Morgan fingerprint density at radius 2 is 1.79 bits per heavy atom. The van der Waals surface area contributed by atoms with Gasteiger partial charge in [-0.05, 0) is 37.1 Å². The van der Waals surface area contributed by atoms with Crippen LogP contribution in [0, 0.1) is 0 Å². The van der Waals surface area contributed by atoms with Crippen LogP contribution in [0.4, 0.5) is 0 Å². The van der Waals surface area contributed by atoms with Gasteiger partial charge in [0, 0.05) is 20.2 Å². The van der Waals surface area contributed by atoms with E-state index in [0.29, 0.717) is 13.1 Å². The normalized spacial score (nSPS) is 21.2. The highest BCUT2D eigenvalue weighted by Crippen LogP contribution is 2.30. The van der Waals surface area contributed by atoms with Crippen LogP contribution in [-0.4, -0.2) is 36.6 Å². The lowest BCUT2D eigenvalue weighted by Crippen LogP contribution is -2.54. The number of nitrogens with zero attached hydrogens (tertiary/aromatic N) is 1. The molecule has 0 spiro atoms. The van der Waals surface area contributed by atoms with Crippen LogP contribution < -0.4 is 5.32 Å². The van der Waals surface area contributed by atoms with E-state index in [2.05, 4.69) is 17.4 Å². The molecular formula is C15H20N2O2. The zero-order valence-corrected chi connectivity index (χ0v) is 11.3. The number of rotatable bonds is 2. The second kappa shape index (κ2) is 4.94. The minimum absolute atomic E-state index is 0.146. The number of ether oxygens (including phenoxy) is 1. The number of hydrogen-bond acceptors (Lipinski definition) is 3. The third kappa shape index (κ3) is 2.15. The lowest BCUT2D eigenvalue weighted by Gasteiger charge is -2.37. The fourth-order valence-electron chi connectivity index (χ4n) is 3.10. The molecule has 0 radical (unpaired) electrons. The zero-order valence-electron chi connectivity index (χ0n) is 11.3. The van der Waals surface area contributed by atoms with Gasteiger partial charge in [-0.25, -0.2) is 0 Å². The Bertz CT molecular complexity index is 456. The molecule has 0 unspecified atom stereocenters. The average molecular weight is 260 g/mol. The number of carbonyl (C=O) groups is 1. The molecule has 4 nitrogen and oxygen atoms in total. The molecule has 4 heteroatoms. The molecule has 2 heterocycles. The van der Waals surface area contributed by atoms with Crippen molar-refractivity contribution in [2.45, 2.75) is 31.5 Å². The van der Waals surface area contributed by atoms with Crippen LogP contribution in [0.2, 0.25) is 0 Å². The van der Waals surface area contributed by atoms with Crippen LogP contribution in [0.25, 0.3) is 0 Å². The molecule has 0 atom stereocenters. The minimum atomic E-state index is -0.618. The van der Waals surface area contributed by atoms with Gasteiger partial charge in [0.15, 0.2) is 0 Å². The molecule has 102 valence electrons. The second-order valence-corrected chi connectivity index (χ2v) is 5.38. The molecular weight excluding hydrogens is 240 g/mol. The number of hydrogen-bond donors (Lipinski definition) is 1. The van der Waals surface area contributed by atoms with Crippen LogP contribution in [0.3, 0.4) is 0 Å². The van der Waals surface area contributed by atoms with Crippen molar-refractivity contribution in [2.75, 3.05) is 20.2 Å². The maximum absolute atomic E-state index is 12.8. The van der Waals surface area contributed by atoms with Crippen LogP contribution >= 0.6 is 0 Å². The first kappa shape index (κ1) is 12.6. The second-order valence-electron chi connectivity index (χ2n) is 5.38. The fourth-order valence-corrected chi connectivity index (χ4v) is 3.10. The van der Waals surface area contributed by atoms with Crippen molar-refractivity contribution in [1.29, 1.82) is 0 Å². The van der Waals surface area contributed by atoms with Gasteiger partial charge in [-0.3, -0.25) is 4.79 Å². The van der Waals surface area contributed by atoms with Crippen molar-refractivity contribution < 1.29 is 9.53 Å². The topological polar surface area (TPSA) is 41.6 Å². The van der Waals surface area contributed by atoms with Crippen LogP contribution in [0.1, 0.15) is 24.0 Å². The van der Waals surface area contributed by atoms with Gasteiger partial charge in [0.1, 0.15) is 5.60 Å². The van der Waals surface area contributed by atoms with E-state index >= 15 is 0 Å². The number of methoxy groups -OCH3 is 1. The molecule has 1 aromatic rings. The molecule has 1 saturated heterocycles. The van der Waals surface area contributed by atoms with Crippen LogP contribution in [0.15, 0.2) is 24.3 Å². The Morgan fingerprint density at radius 1 is 1.21 bits per heavy atom. The molecule has 1 aromatic carbocycles. The summed E-state index contributed by atoms with van der Waals surface area (Å²) < 4.78 is 5.62. The van der Waals surface area contributed by atoms with E-state index in [0.717, 1.165) is 25.9 Å². The highest BCUT2D eigenvalue weighted by Gasteiger charge is 2.43. The first-order valence-corrected chi connectivity index (χ1v) is 6.87. The Hall–Kier alpha value is -1.39. The van der Waals surface area contributed by atoms with E-state index in [1.165, 1.54) is 11.1 Å². The van der Waals surface area contributed by atoms with Crippen LogP contribution in [-0.2, 0) is 22.6 Å². The Balaban J connectivity index is 1.78. The molecule has 0 aliphatic carbocycles. The molecule has 1 amide bonds. The van der Waals surface area contributed by atoms with Crippen molar-refractivity contribution in [3.05, 3.63) is 35.4 Å². The molecule has 19 heavy (non-hydrogen) atoms. The fraction of sp³-hybridized carbons (Fsp3) is 0.533. The summed E-state index contributed by atoms with van der Waals surface area (Å²) in [6.45, 7) is 3.13. The quantitative estimate of drug-likeness (QED) is 0.871. The predicted octanol–water partition coefficient (Wildman–Crippen LogP) is 1.30. The molecule has 0 aromatic heterocycles. The number of benzene rings is 1. The van der Waals surface area contributed by atoms with E-state index in [1.807, 2.05) is 17.0 Å². The maximum atomic E-state index is 12.8. The van der Waals surface area contributed by atoms with Crippen molar-refractivity contribution in [2.24, 2.45) is 0 Å². The SMILES string of the molecule is COC1(C(=O)N2Cc3ccccc3C2)CCNCC1. The number of piperidine rings is 1. The van der Waals surface area contributed by atoms with Crippen molar-refractivity contribution in [3.8, 4) is 0 Å².